The number of ether oxygens (including phenoxy) is 1. The van der Waals surface area contributed by atoms with Crippen LogP contribution in [-0.4, -0.2) is 12.1 Å². The van der Waals surface area contributed by atoms with Crippen molar-refractivity contribution in [2.75, 3.05) is 7.11 Å². The molecule has 1 aliphatic carbocycles. The zero-order valence-electron chi connectivity index (χ0n) is 7.73. The van der Waals surface area contributed by atoms with Crippen molar-refractivity contribution < 1.29 is 4.74 Å². The summed E-state index contributed by atoms with van der Waals surface area (Å²) >= 11 is 0. The highest BCUT2D eigenvalue weighted by Crippen LogP contribution is 2.39. The lowest BCUT2D eigenvalue weighted by atomic mass is 10.1. The summed E-state index contributed by atoms with van der Waals surface area (Å²) in [5.74, 6) is 1.32. The van der Waals surface area contributed by atoms with Crippen LogP contribution >= 0.6 is 0 Å². The molecule has 0 radical (unpaired) electrons. The standard InChI is InChI=1S/C10H14N2O/c1-13-9-6-8(4-5-12-9)10(11)7-2-3-7/h4-7,10H,2-3,11H2,1H3/t10-/m0/s1. The van der Waals surface area contributed by atoms with Crippen LogP contribution in [0.1, 0.15) is 24.4 Å². The van der Waals surface area contributed by atoms with Gasteiger partial charge in [-0.05, 0) is 30.4 Å². The van der Waals surface area contributed by atoms with Crippen LogP contribution < -0.4 is 10.5 Å². The predicted molar refractivity (Wildman–Crippen MR) is 50.4 cm³/mol. The van der Waals surface area contributed by atoms with Crippen molar-refractivity contribution in [1.82, 2.24) is 4.98 Å². The average molecular weight is 178 g/mol. The molecule has 1 heterocycles. The van der Waals surface area contributed by atoms with E-state index in [1.165, 1.54) is 12.8 Å². The summed E-state index contributed by atoms with van der Waals surface area (Å²) in [5, 5.41) is 0. The van der Waals surface area contributed by atoms with Gasteiger partial charge in [-0.1, -0.05) is 0 Å². The lowest BCUT2D eigenvalue weighted by Crippen LogP contribution is -2.12. The molecule has 0 amide bonds. The third-order valence-electron chi connectivity index (χ3n) is 2.48. The van der Waals surface area contributed by atoms with E-state index >= 15 is 0 Å². The quantitative estimate of drug-likeness (QED) is 0.763. The van der Waals surface area contributed by atoms with E-state index in [4.69, 9.17) is 10.5 Å². The van der Waals surface area contributed by atoms with Gasteiger partial charge >= 0.3 is 0 Å². The third-order valence-corrected chi connectivity index (χ3v) is 2.48. The van der Waals surface area contributed by atoms with E-state index in [0.717, 1.165) is 5.56 Å². The molecule has 1 aromatic rings. The van der Waals surface area contributed by atoms with E-state index in [1.54, 1.807) is 13.3 Å². The van der Waals surface area contributed by atoms with Crippen LogP contribution in [0.25, 0.3) is 0 Å². The van der Waals surface area contributed by atoms with Crippen LogP contribution in [0.5, 0.6) is 5.88 Å². The van der Waals surface area contributed by atoms with E-state index in [-0.39, 0.29) is 6.04 Å². The van der Waals surface area contributed by atoms with Gasteiger partial charge in [-0.3, -0.25) is 0 Å². The second kappa shape index (κ2) is 3.34. The summed E-state index contributed by atoms with van der Waals surface area (Å²) in [6, 6.07) is 4.05. The minimum Gasteiger partial charge on any atom is -0.481 e. The Bertz CT molecular complexity index is 297. The van der Waals surface area contributed by atoms with E-state index in [0.29, 0.717) is 11.8 Å². The topological polar surface area (TPSA) is 48.1 Å². The van der Waals surface area contributed by atoms with Crippen LogP contribution in [0, 0.1) is 5.92 Å². The van der Waals surface area contributed by atoms with Gasteiger partial charge in [0.2, 0.25) is 5.88 Å². The molecule has 0 unspecified atom stereocenters. The smallest absolute Gasteiger partial charge is 0.213 e. The van der Waals surface area contributed by atoms with E-state index in [2.05, 4.69) is 4.98 Å². The van der Waals surface area contributed by atoms with Crippen molar-refractivity contribution >= 4 is 0 Å². The Labute approximate surface area is 77.9 Å². The summed E-state index contributed by atoms with van der Waals surface area (Å²) < 4.78 is 5.04. The second-order valence-electron chi connectivity index (χ2n) is 3.49. The molecule has 70 valence electrons. The van der Waals surface area contributed by atoms with Gasteiger partial charge in [-0.15, -0.1) is 0 Å². The number of methoxy groups -OCH3 is 1. The lowest BCUT2D eigenvalue weighted by Gasteiger charge is -2.10. The number of pyridine rings is 1. The van der Waals surface area contributed by atoms with Gasteiger partial charge < -0.3 is 10.5 Å². The maximum Gasteiger partial charge on any atom is 0.213 e. The molecule has 1 aliphatic rings. The first-order valence-corrected chi connectivity index (χ1v) is 4.57. The fourth-order valence-electron chi connectivity index (χ4n) is 1.47. The summed E-state index contributed by atoms with van der Waals surface area (Å²) in [7, 11) is 1.62. The number of nitrogens with zero attached hydrogens (tertiary/aromatic N) is 1. The maximum atomic E-state index is 6.04. The summed E-state index contributed by atoms with van der Waals surface area (Å²) in [5.41, 5.74) is 7.17. The van der Waals surface area contributed by atoms with Crippen molar-refractivity contribution in [2.24, 2.45) is 11.7 Å². The molecule has 2 rings (SSSR count). The first-order chi connectivity index (χ1) is 6.31. The predicted octanol–water partition coefficient (Wildman–Crippen LogP) is 1.50. The Morgan fingerprint density at radius 3 is 3.00 bits per heavy atom. The van der Waals surface area contributed by atoms with Gasteiger partial charge in [0.15, 0.2) is 0 Å². The van der Waals surface area contributed by atoms with Crippen LogP contribution in [0.3, 0.4) is 0 Å². The van der Waals surface area contributed by atoms with Gasteiger partial charge in [-0.2, -0.15) is 0 Å². The first-order valence-electron chi connectivity index (χ1n) is 4.57. The number of hydrogen-bond acceptors (Lipinski definition) is 3. The third kappa shape index (κ3) is 1.80. The van der Waals surface area contributed by atoms with Crippen molar-refractivity contribution in [3.63, 3.8) is 0 Å². The molecule has 3 heteroatoms. The Morgan fingerprint density at radius 2 is 2.38 bits per heavy atom. The minimum absolute atomic E-state index is 0.164. The molecule has 1 saturated carbocycles. The molecular formula is C10H14N2O. The van der Waals surface area contributed by atoms with Crippen LogP contribution in [0.2, 0.25) is 0 Å². The van der Waals surface area contributed by atoms with Crippen molar-refractivity contribution in [3.05, 3.63) is 23.9 Å². The Kier molecular flexibility index (Phi) is 2.19. The highest BCUT2D eigenvalue weighted by Gasteiger charge is 2.29. The fraction of sp³-hybridized carbons (Fsp3) is 0.500. The Morgan fingerprint density at radius 1 is 1.62 bits per heavy atom. The highest BCUT2D eigenvalue weighted by molar-refractivity contribution is 5.24. The Hall–Kier alpha value is -1.09. The van der Waals surface area contributed by atoms with Crippen LogP contribution in [0.4, 0.5) is 0 Å². The van der Waals surface area contributed by atoms with Crippen LogP contribution in [0.15, 0.2) is 18.3 Å². The number of hydrogen-bond donors (Lipinski definition) is 1. The largest absolute Gasteiger partial charge is 0.481 e. The van der Waals surface area contributed by atoms with Crippen molar-refractivity contribution in [1.29, 1.82) is 0 Å². The molecule has 0 spiro atoms. The van der Waals surface area contributed by atoms with Crippen molar-refractivity contribution in [2.45, 2.75) is 18.9 Å². The SMILES string of the molecule is COc1cc([C@@H](N)C2CC2)ccn1. The molecular weight excluding hydrogens is 164 g/mol. The lowest BCUT2D eigenvalue weighted by molar-refractivity contribution is 0.396. The zero-order valence-corrected chi connectivity index (χ0v) is 7.73. The Balaban J connectivity index is 2.18. The van der Waals surface area contributed by atoms with Gasteiger partial charge in [0, 0.05) is 18.3 Å². The first kappa shape index (κ1) is 8.51. The summed E-state index contributed by atoms with van der Waals surface area (Å²) in [4.78, 5) is 4.04. The van der Waals surface area contributed by atoms with E-state index in [9.17, 15) is 0 Å². The van der Waals surface area contributed by atoms with Crippen molar-refractivity contribution in [3.8, 4) is 5.88 Å². The monoisotopic (exact) mass is 178 g/mol. The molecule has 0 saturated heterocycles. The van der Waals surface area contributed by atoms with Gasteiger partial charge in [0.25, 0.3) is 0 Å². The molecule has 1 fully saturated rings. The van der Waals surface area contributed by atoms with Gasteiger partial charge in [0.1, 0.15) is 0 Å². The molecule has 1 atom stereocenters. The number of rotatable bonds is 3. The zero-order chi connectivity index (χ0) is 9.26. The summed E-state index contributed by atoms with van der Waals surface area (Å²) in [6.07, 6.45) is 4.26. The summed E-state index contributed by atoms with van der Waals surface area (Å²) in [6.45, 7) is 0. The maximum absolute atomic E-state index is 6.04. The fourth-order valence-corrected chi connectivity index (χ4v) is 1.47. The molecule has 1 aromatic heterocycles. The van der Waals surface area contributed by atoms with E-state index < -0.39 is 0 Å². The van der Waals surface area contributed by atoms with Gasteiger partial charge in [-0.25, -0.2) is 4.98 Å². The van der Waals surface area contributed by atoms with Gasteiger partial charge in [0.05, 0.1) is 7.11 Å². The second-order valence-corrected chi connectivity index (χ2v) is 3.49. The number of aromatic nitrogens is 1. The highest BCUT2D eigenvalue weighted by atomic mass is 16.5. The minimum atomic E-state index is 0.164. The molecule has 13 heavy (non-hydrogen) atoms. The molecule has 0 aromatic carbocycles. The average Bonchev–Trinajstić information content (AvgIpc) is 3.00. The molecule has 3 nitrogen and oxygen atoms in total. The molecule has 0 bridgehead atoms. The number of nitrogens with two attached hydrogens (primary N) is 1. The van der Waals surface area contributed by atoms with Crippen LogP contribution in [-0.2, 0) is 0 Å². The molecule has 2 N–H and O–H groups in total. The van der Waals surface area contributed by atoms with E-state index in [1.807, 2.05) is 12.1 Å². The normalized spacial score (nSPS) is 18.3. The molecule has 0 aliphatic heterocycles.